The zero-order chi connectivity index (χ0) is 18.0. The maximum Gasteiger partial charge on any atom is 0.338 e. The van der Waals surface area contributed by atoms with Gasteiger partial charge in [-0.15, -0.1) is 0 Å². The van der Waals surface area contributed by atoms with Crippen LogP contribution in [0.25, 0.3) is 11.0 Å². The van der Waals surface area contributed by atoms with Crippen LogP contribution in [0.15, 0.2) is 51.2 Å². The quantitative estimate of drug-likeness (QED) is 0.510. The topological polar surface area (TPSA) is 86.0 Å². The highest BCUT2D eigenvalue weighted by atomic mass is 16.6. The number of esters is 1. The van der Waals surface area contributed by atoms with Gasteiger partial charge in [0, 0.05) is 30.4 Å². The van der Waals surface area contributed by atoms with Crippen molar-refractivity contribution in [2.75, 3.05) is 6.61 Å². The molecule has 0 radical (unpaired) electrons. The summed E-state index contributed by atoms with van der Waals surface area (Å²) in [4.78, 5) is 22.7. The second-order valence-electron chi connectivity index (χ2n) is 6.52. The smallest absolute Gasteiger partial charge is 0.338 e. The molecule has 0 amide bonds. The van der Waals surface area contributed by atoms with Crippen molar-refractivity contribution in [3.63, 3.8) is 0 Å². The molecule has 3 rings (SSSR count). The van der Waals surface area contributed by atoms with Crippen molar-refractivity contribution in [3.8, 4) is 5.75 Å². The molecule has 25 heavy (non-hydrogen) atoms. The van der Waals surface area contributed by atoms with Crippen LogP contribution >= 0.6 is 0 Å². The molecule has 6 nitrogen and oxygen atoms in total. The molecule has 2 heterocycles. The minimum Gasteiger partial charge on any atom is -0.489 e. The van der Waals surface area contributed by atoms with Gasteiger partial charge >= 0.3 is 11.6 Å². The second kappa shape index (κ2) is 6.72. The molecular formula is C19H20O6. The summed E-state index contributed by atoms with van der Waals surface area (Å²) in [5.41, 5.74) is -0.313. The lowest BCUT2D eigenvalue weighted by molar-refractivity contribution is -0.153. The highest BCUT2D eigenvalue weighted by Gasteiger charge is 2.43. The third-order valence-corrected chi connectivity index (χ3v) is 4.16. The molecule has 1 aliphatic heterocycles. The van der Waals surface area contributed by atoms with E-state index in [4.69, 9.17) is 13.9 Å². The molecule has 1 N–H and O–H groups in total. The van der Waals surface area contributed by atoms with Gasteiger partial charge in [0.25, 0.3) is 0 Å². The zero-order valence-corrected chi connectivity index (χ0v) is 14.2. The maximum absolute atomic E-state index is 11.5. The third kappa shape index (κ3) is 4.09. The average Bonchev–Trinajstić information content (AvgIpc) is 2.78. The van der Waals surface area contributed by atoms with Crippen LogP contribution in [0, 0.1) is 0 Å². The summed E-state index contributed by atoms with van der Waals surface area (Å²) < 4.78 is 15.9. The van der Waals surface area contributed by atoms with E-state index in [0.717, 1.165) is 11.0 Å². The molecule has 0 saturated carbocycles. The van der Waals surface area contributed by atoms with E-state index in [-0.39, 0.29) is 6.10 Å². The summed E-state index contributed by atoms with van der Waals surface area (Å²) in [6, 6.07) is 8.39. The van der Waals surface area contributed by atoms with Gasteiger partial charge < -0.3 is 19.0 Å². The van der Waals surface area contributed by atoms with E-state index >= 15 is 0 Å². The Morgan fingerprint density at radius 1 is 1.36 bits per heavy atom. The van der Waals surface area contributed by atoms with Crippen molar-refractivity contribution < 1.29 is 23.8 Å². The van der Waals surface area contributed by atoms with Crippen LogP contribution in [-0.2, 0) is 9.53 Å². The largest absolute Gasteiger partial charge is 0.489 e. The number of fused-ring (bicyclic) bond motifs is 1. The van der Waals surface area contributed by atoms with Crippen LogP contribution in [0.3, 0.4) is 0 Å². The third-order valence-electron chi connectivity index (χ3n) is 4.16. The van der Waals surface area contributed by atoms with E-state index in [9.17, 15) is 14.7 Å². The van der Waals surface area contributed by atoms with Crippen LogP contribution in [0.4, 0.5) is 0 Å². The van der Waals surface area contributed by atoms with E-state index in [1.165, 1.54) is 13.0 Å². The highest BCUT2D eigenvalue weighted by Crippen LogP contribution is 2.28. The lowest BCUT2D eigenvalue weighted by Crippen LogP contribution is -2.29. The first kappa shape index (κ1) is 17.2. The molecule has 0 unspecified atom stereocenters. The van der Waals surface area contributed by atoms with Gasteiger partial charge in [0.05, 0.1) is 0 Å². The Kier molecular flexibility index (Phi) is 4.63. The van der Waals surface area contributed by atoms with E-state index in [1.807, 2.05) is 19.1 Å². The van der Waals surface area contributed by atoms with Gasteiger partial charge in [-0.25, -0.2) is 9.59 Å². The minimum absolute atomic E-state index is 0.293. The predicted molar refractivity (Wildman–Crippen MR) is 91.5 cm³/mol. The number of ether oxygens (including phenoxy) is 2. The lowest BCUT2D eigenvalue weighted by Gasteiger charge is -2.10. The van der Waals surface area contributed by atoms with Crippen LogP contribution in [-0.4, -0.2) is 29.4 Å². The molecule has 6 heteroatoms. The van der Waals surface area contributed by atoms with Gasteiger partial charge in [0.15, 0.2) is 5.60 Å². The molecule has 2 atom stereocenters. The normalized spacial score (nSPS) is 23.7. The molecule has 1 fully saturated rings. The number of rotatable bonds is 5. The Morgan fingerprint density at radius 3 is 2.84 bits per heavy atom. The van der Waals surface area contributed by atoms with Crippen LogP contribution in [0.2, 0.25) is 0 Å². The van der Waals surface area contributed by atoms with E-state index < -0.39 is 17.2 Å². The van der Waals surface area contributed by atoms with E-state index in [1.54, 1.807) is 18.2 Å². The van der Waals surface area contributed by atoms with Crippen molar-refractivity contribution in [1.82, 2.24) is 0 Å². The number of cyclic esters (lactones) is 1. The summed E-state index contributed by atoms with van der Waals surface area (Å²) in [6.45, 7) is 3.73. The first-order chi connectivity index (χ1) is 11.8. The van der Waals surface area contributed by atoms with Crippen LogP contribution in [0.5, 0.6) is 5.75 Å². The van der Waals surface area contributed by atoms with Crippen molar-refractivity contribution in [2.45, 2.75) is 38.4 Å². The number of carbonyl (C=O) groups is 1. The van der Waals surface area contributed by atoms with Crippen LogP contribution in [0.1, 0.15) is 26.7 Å². The molecule has 2 aromatic rings. The number of benzene rings is 1. The zero-order valence-electron chi connectivity index (χ0n) is 14.2. The number of hydrogen-bond donors (Lipinski definition) is 1. The molecule has 1 aromatic heterocycles. The van der Waals surface area contributed by atoms with Crippen molar-refractivity contribution in [1.29, 1.82) is 0 Å². The molecule has 132 valence electrons. The molecule has 0 bridgehead atoms. The van der Waals surface area contributed by atoms with Gasteiger partial charge in [-0.05, 0) is 38.1 Å². The summed E-state index contributed by atoms with van der Waals surface area (Å²) in [6.07, 6.45) is 2.43. The Balaban J connectivity index is 1.57. The number of aliphatic hydroxyl groups is 1. The fourth-order valence-corrected chi connectivity index (χ4v) is 2.81. The summed E-state index contributed by atoms with van der Waals surface area (Å²) in [7, 11) is 0. The first-order valence-electron chi connectivity index (χ1n) is 8.09. The SMILES string of the molecule is C/C(=C\COc1ccc2ccc(=O)oc2c1)C[C@@H]1C[C@@](C)(O)C(=O)O1. The Bertz CT molecular complexity index is 877. The molecular weight excluding hydrogens is 324 g/mol. The fraction of sp³-hybridized carbons (Fsp3) is 0.368. The number of hydrogen-bond acceptors (Lipinski definition) is 6. The van der Waals surface area contributed by atoms with Crippen molar-refractivity contribution in [3.05, 3.63) is 52.4 Å². The average molecular weight is 344 g/mol. The standard InChI is InChI=1S/C19H20O6/c1-12(9-15-11-19(2,22)18(21)24-15)7-8-23-14-5-3-13-4-6-17(20)25-16(13)10-14/h3-7,10,15,22H,8-9,11H2,1-2H3/b12-7+/t15-,19-/m1/s1. The molecule has 1 saturated heterocycles. The Morgan fingerprint density at radius 2 is 2.12 bits per heavy atom. The molecule has 1 aromatic carbocycles. The van der Waals surface area contributed by atoms with Crippen molar-refractivity contribution >= 4 is 16.9 Å². The maximum atomic E-state index is 11.5. The van der Waals surface area contributed by atoms with E-state index in [2.05, 4.69) is 0 Å². The monoisotopic (exact) mass is 344 g/mol. The summed E-state index contributed by atoms with van der Waals surface area (Å²) in [5.74, 6) is 0.0281. The minimum atomic E-state index is -1.39. The summed E-state index contributed by atoms with van der Waals surface area (Å²) >= 11 is 0. The van der Waals surface area contributed by atoms with Gasteiger partial charge in [-0.2, -0.15) is 0 Å². The Labute approximate surface area is 144 Å². The van der Waals surface area contributed by atoms with Gasteiger partial charge in [0.2, 0.25) is 0 Å². The lowest BCUT2D eigenvalue weighted by atomic mass is 9.99. The Hall–Kier alpha value is -2.60. The number of carbonyl (C=O) groups excluding carboxylic acids is 1. The second-order valence-corrected chi connectivity index (χ2v) is 6.52. The first-order valence-corrected chi connectivity index (χ1v) is 8.09. The molecule has 0 aliphatic carbocycles. The van der Waals surface area contributed by atoms with Gasteiger partial charge in [-0.3, -0.25) is 0 Å². The summed E-state index contributed by atoms with van der Waals surface area (Å²) in [5, 5.41) is 10.7. The van der Waals surface area contributed by atoms with Gasteiger partial charge in [0.1, 0.15) is 24.0 Å². The highest BCUT2D eigenvalue weighted by molar-refractivity contribution is 5.81. The van der Waals surface area contributed by atoms with E-state index in [0.29, 0.717) is 30.8 Å². The van der Waals surface area contributed by atoms with Crippen molar-refractivity contribution in [2.24, 2.45) is 0 Å². The van der Waals surface area contributed by atoms with Gasteiger partial charge in [-0.1, -0.05) is 5.57 Å². The van der Waals surface area contributed by atoms with Crippen LogP contribution < -0.4 is 10.4 Å². The molecule has 0 spiro atoms. The molecule has 1 aliphatic rings. The predicted octanol–water partition coefficient (Wildman–Crippen LogP) is 2.57. The fourth-order valence-electron chi connectivity index (χ4n) is 2.81.